The van der Waals surface area contributed by atoms with Crippen LogP contribution in [0.15, 0.2) is 41.3 Å². The Morgan fingerprint density at radius 1 is 1.20 bits per heavy atom. The van der Waals surface area contributed by atoms with Crippen molar-refractivity contribution in [2.45, 2.75) is 39.0 Å². The van der Waals surface area contributed by atoms with Crippen LogP contribution in [0.4, 0.5) is 5.69 Å². The van der Waals surface area contributed by atoms with Gasteiger partial charge >= 0.3 is 5.97 Å². The molecule has 9 heteroatoms. The number of nitrogens with one attached hydrogen (secondary N) is 2. The number of H-pyrrole nitrogens is 1. The van der Waals surface area contributed by atoms with Crippen LogP contribution >= 0.6 is 0 Å². The van der Waals surface area contributed by atoms with E-state index in [1.165, 1.54) is 12.3 Å². The van der Waals surface area contributed by atoms with Crippen LogP contribution in [0.1, 0.15) is 43.2 Å². The van der Waals surface area contributed by atoms with E-state index < -0.39 is 22.7 Å². The zero-order valence-corrected chi connectivity index (χ0v) is 18.0. The molecule has 2 rings (SSSR count). The number of amides is 1. The number of aromatic amines is 1. The molecule has 0 saturated heterocycles. The summed E-state index contributed by atoms with van der Waals surface area (Å²) in [6.45, 7) is 5.90. The van der Waals surface area contributed by atoms with E-state index in [9.17, 15) is 18.6 Å². The van der Waals surface area contributed by atoms with E-state index in [1.54, 1.807) is 38.1 Å². The Bertz CT molecular complexity index is 953. The second-order valence-corrected chi connectivity index (χ2v) is 8.30. The summed E-state index contributed by atoms with van der Waals surface area (Å²) in [4.78, 5) is 38.8. The average molecular weight is 435 g/mol. The summed E-state index contributed by atoms with van der Waals surface area (Å²) in [7, 11) is -1.51. The first-order valence-electron chi connectivity index (χ1n) is 9.58. The van der Waals surface area contributed by atoms with Crippen LogP contribution in [0.2, 0.25) is 0 Å². The van der Waals surface area contributed by atoms with E-state index in [4.69, 9.17) is 9.47 Å². The highest BCUT2D eigenvalue weighted by molar-refractivity contribution is 7.84. The Morgan fingerprint density at radius 2 is 1.90 bits per heavy atom. The van der Waals surface area contributed by atoms with E-state index in [2.05, 4.69) is 10.3 Å². The summed E-state index contributed by atoms with van der Waals surface area (Å²) < 4.78 is 22.7. The quantitative estimate of drug-likeness (QED) is 0.556. The second kappa shape index (κ2) is 11.3. The Balaban J connectivity index is 1.87. The molecule has 0 aliphatic heterocycles. The van der Waals surface area contributed by atoms with E-state index in [-0.39, 0.29) is 28.8 Å². The van der Waals surface area contributed by atoms with Crippen LogP contribution in [-0.2, 0) is 26.1 Å². The van der Waals surface area contributed by atoms with Gasteiger partial charge in [-0.15, -0.1) is 0 Å². The topological polar surface area (TPSA) is 115 Å². The van der Waals surface area contributed by atoms with E-state index in [1.807, 2.05) is 6.92 Å². The lowest BCUT2D eigenvalue weighted by molar-refractivity contribution is -0.113. The lowest BCUT2D eigenvalue weighted by Crippen LogP contribution is -2.21. The van der Waals surface area contributed by atoms with Crippen molar-refractivity contribution in [3.05, 3.63) is 58.0 Å². The molecule has 0 aliphatic rings. The van der Waals surface area contributed by atoms with Crippen molar-refractivity contribution in [1.29, 1.82) is 0 Å². The number of carbonyl (C=O) groups excluding carboxylic acids is 2. The summed E-state index contributed by atoms with van der Waals surface area (Å²) >= 11 is 0. The molecule has 0 saturated carbocycles. The molecule has 0 bridgehead atoms. The van der Waals surface area contributed by atoms with Gasteiger partial charge in [0.1, 0.15) is 5.75 Å². The molecule has 1 amide bonds. The molecule has 1 atom stereocenters. The predicted molar refractivity (Wildman–Crippen MR) is 115 cm³/mol. The van der Waals surface area contributed by atoms with E-state index in [0.29, 0.717) is 23.6 Å². The molecule has 2 aromatic rings. The first-order chi connectivity index (χ1) is 14.3. The van der Waals surface area contributed by atoms with Gasteiger partial charge in [0.25, 0.3) is 0 Å². The Morgan fingerprint density at radius 3 is 2.50 bits per heavy atom. The van der Waals surface area contributed by atoms with Gasteiger partial charge in [-0.1, -0.05) is 6.92 Å². The summed E-state index contributed by atoms with van der Waals surface area (Å²) in [5, 5.41) is 2.63. The fraction of sp³-hybridized carbons (Fsp3) is 0.381. The highest BCUT2D eigenvalue weighted by atomic mass is 32.2. The van der Waals surface area contributed by atoms with Crippen LogP contribution in [-0.4, -0.2) is 39.5 Å². The lowest BCUT2D eigenvalue weighted by Gasteiger charge is -2.09. The van der Waals surface area contributed by atoms with Gasteiger partial charge in [0.2, 0.25) is 11.3 Å². The van der Waals surface area contributed by atoms with Gasteiger partial charge in [0.15, 0.2) is 5.75 Å². The zero-order chi connectivity index (χ0) is 22.1. The molecule has 162 valence electrons. The maximum absolute atomic E-state index is 12.3. The lowest BCUT2D eigenvalue weighted by atomic mass is 10.2. The minimum atomic E-state index is -1.51. The maximum atomic E-state index is 12.3. The summed E-state index contributed by atoms with van der Waals surface area (Å²) in [6.07, 6.45) is 2.00. The number of hydrogen-bond acceptors (Lipinski definition) is 6. The third-order valence-corrected chi connectivity index (χ3v) is 4.97. The molecule has 0 radical (unpaired) electrons. The number of benzene rings is 1. The normalized spacial score (nSPS) is 11.7. The van der Waals surface area contributed by atoms with Crippen LogP contribution in [0, 0.1) is 0 Å². The SMILES string of the molecule is CCCOc1c[nH]c(CS(=O)CC(=O)Nc2ccc(C(=O)OC(C)C)cc2)cc1=O. The number of pyridine rings is 1. The zero-order valence-electron chi connectivity index (χ0n) is 17.2. The van der Waals surface area contributed by atoms with Crippen molar-refractivity contribution in [2.75, 3.05) is 17.7 Å². The van der Waals surface area contributed by atoms with Gasteiger partial charge in [-0.2, -0.15) is 0 Å². The monoisotopic (exact) mass is 434 g/mol. The van der Waals surface area contributed by atoms with Crippen LogP contribution < -0.4 is 15.5 Å². The van der Waals surface area contributed by atoms with Gasteiger partial charge < -0.3 is 19.8 Å². The molecule has 0 fully saturated rings. The first kappa shape index (κ1) is 23.3. The fourth-order valence-electron chi connectivity index (χ4n) is 2.45. The molecular formula is C21H26N2O6S. The molecule has 1 heterocycles. The Labute approximate surface area is 177 Å². The number of ether oxygens (including phenoxy) is 2. The van der Waals surface area contributed by atoms with Crippen LogP contribution in [0.3, 0.4) is 0 Å². The molecule has 1 unspecified atom stereocenters. The maximum Gasteiger partial charge on any atom is 0.338 e. The molecular weight excluding hydrogens is 408 g/mol. The second-order valence-electron chi connectivity index (χ2n) is 6.84. The highest BCUT2D eigenvalue weighted by Crippen LogP contribution is 2.12. The van der Waals surface area contributed by atoms with Gasteiger partial charge in [-0.3, -0.25) is 13.8 Å². The third-order valence-electron chi connectivity index (χ3n) is 3.75. The summed E-state index contributed by atoms with van der Waals surface area (Å²) in [6, 6.07) is 7.57. The van der Waals surface area contributed by atoms with Gasteiger partial charge in [0.05, 0.1) is 24.0 Å². The molecule has 30 heavy (non-hydrogen) atoms. The van der Waals surface area contributed by atoms with Crippen molar-refractivity contribution in [3.63, 3.8) is 0 Å². The minimum absolute atomic E-state index is 0.0384. The highest BCUT2D eigenvalue weighted by Gasteiger charge is 2.12. The smallest absolute Gasteiger partial charge is 0.338 e. The van der Waals surface area contributed by atoms with E-state index in [0.717, 1.165) is 6.42 Å². The van der Waals surface area contributed by atoms with Gasteiger partial charge in [-0.05, 0) is 44.5 Å². The van der Waals surface area contributed by atoms with Crippen molar-refractivity contribution < 1.29 is 23.3 Å². The van der Waals surface area contributed by atoms with Crippen LogP contribution in [0.5, 0.6) is 5.75 Å². The minimum Gasteiger partial charge on any atom is -0.488 e. The van der Waals surface area contributed by atoms with Crippen molar-refractivity contribution in [2.24, 2.45) is 0 Å². The molecule has 8 nitrogen and oxygen atoms in total. The van der Waals surface area contributed by atoms with Crippen molar-refractivity contribution >= 4 is 28.4 Å². The number of rotatable bonds is 10. The molecule has 1 aromatic heterocycles. The van der Waals surface area contributed by atoms with Gasteiger partial charge in [0, 0.05) is 34.4 Å². The molecule has 2 N–H and O–H groups in total. The first-order valence-corrected chi connectivity index (χ1v) is 11.1. The number of hydrogen-bond donors (Lipinski definition) is 2. The number of anilines is 1. The Hall–Kier alpha value is -2.94. The predicted octanol–water partition coefficient (Wildman–Crippen LogP) is 2.62. The number of esters is 1. The Kier molecular flexibility index (Phi) is 8.79. The fourth-order valence-corrected chi connectivity index (χ4v) is 3.43. The largest absolute Gasteiger partial charge is 0.488 e. The van der Waals surface area contributed by atoms with Crippen LogP contribution in [0.25, 0.3) is 0 Å². The van der Waals surface area contributed by atoms with Gasteiger partial charge in [-0.25, -0.2) is 4.79 Å². The van der Waals surface area contributed by atoms with Crippen molar-refractivity contribution in [3.8, 4) is 5.75 Å². The number of aromatic nitrogens is 1. The average Bonchev–Trinajstić information content (AvgIpc) is 2.67. The summed E-state index contributed by atoms with van der Waals surface area (Å²) in [5.41, 5.74) is 1.02. The molecule has 0 aliphatic carbocycles. The third kappa shape index (κ3) is 7.47. The van der Waals surface area contributed by atoms with E-state index >= 15 is 0 Å². The molecule has 0 spiro atoms. The van der Waals surface area contributed by atoms with Crippen molar-refractivity contribution in [1.82, 2.24) is 4.98 Å². The standard InChI is InChI=1S/C21H26N2O6S/c1-4-9-28-19-11-22-17(10-18(19)24)12-30(27)13-20(25)23-16-7-5-15(6-8-16)21(26)29-14(2)3/h5-8,10-11,14H,4,9,12-13H2,1-3H3,(H,22,24)(H,23,25). The molecule has 1 aromatic carbocycles. The number of carbonyl (C=O) groups is 2. The summed E-state index contributed by atoms with van der Waals surface area (Å²) in [5.74, 6) is -0.853.